The predicted octanol–water partition coefficient (Wildman–Crippen LogP) is 3.50. The molecule has 0 fully saturated rings. The van der Waals surface area contributed by atoms with Crippen LogP contribution in [0.5, 0.6) is 17.2 Å². The molecule has 1 aliphatic rings. The van der Waals surface area contributed by atoms with Gasteiger partial charge in [0.1, 0.15) is 35.3 Å². The molecule has 0 bridgehead atoms. The van der Waals surface area contributed by atoms with Crippen LogP contribution in [0.4, 0.5) is 5.13 Å². The molecule has 1 aromatic heterocycles. The summed E-state index contributed by atoms with van der Waals surface area (Å²) in [6, 6.07) is 11.7. The number of aliphatic hydroxyl groups excluding tert-OH is 1. The zero-order chi connectivity index (χ0) is 20.2. The van der Waals surface area contributed by atoms with Gasteiger partial charge in [-0.25, -0.2) is 9.29 Å². The summed E-state index contributed by atoms with van der Waals surface area (Å²) in [5.41, 5.74) is 1.86. The van der Waals surface area contributed by atoms with Crippen molar-refractivity contribution in [2.75, 3.05) is 25.1 Å². The molecule has 1 aliphatic heterocycles. The van der Waals surface area contributed by atoms with Gasteiger partial charge in [0.25, 0.3) is 0 Å². The van der Waals surface area contributed by atoms with E-state index in [0.717, 1.165) is 38.4 Å². The maximum atomic E-state index is 10.1. The maximum Gasteiger partial charge on any atom is 0.325 e. The predicted molar refractivity (Wildman–Crippen MR) is 112 cm³/mol. The van der Waals surface area contributed by atoms with Crippen LogP contribution in [0.1, 0.15) is 23.7 Å². The first-order valence-electron chi connectivity index (χ1n) is 9.11. The molecule has 0 spiro atoms. The summed E-state index contributed by atoms with van der Waals surface area (Å²) < 4.78 is 22.9. The molecular weight excluding hydrogens is 410 g/mol. The fraction of sp³-hybridized carbons (Fsp3) is 0.300. The average molecular weight is 433 g/mol. The van der Waals surface area contributed by atoms with Crippen LogP contribution in [0.15, 0.2) is 47.6 Å². The van der Waals surface area contributed by atoms with E-state index < -0.39 is 6.10 Å². The molecule has 29 heavy (non-hydrogen) atoms. The Morgan fingerprint density at radius 2 is 2.17 bits per heavy atom. The van der Waals surface area contributed by atoms with Gasteiger partial charge in [-0.15, -0.1) is 0 Å². The molecule has 1 unspecified atom stereocenters. The number of H-pyrrole nitrogens is 1. The lowest BCUT2D eigenvalue weighted by molar-refractivity contribution is -0.359. The quantitative estimate of drug-likeness (QED) is 0.573. The minimum absolute atomic E-state index is 0.465. The average Bonchev–Trinajstić information content (AvgIpc) is 3.28. The van der Waals surface area contributed by atoms with Gasteiger partial charge in [0.2, 0.25) is 6.33 Å². The summed E-state index contributed by atoms with van der Waals surface area (Å²) in [4.78, 5) is 4.19. The smallest absolute Gasteiger partial charge is 0.325 e. The molecule has 0 amide bonds. The van der Waals surface area contributed by atoms with E-state index in [0.29, 0.717) is 19.6 Å². The van der Waals surface area contributed by atoms with E-state index >= 15 is 0 Å². The summed E-state index contributed by atoms with van der Waals surface area (Å²) in [6.45, 7) is 1.12. The monoisotopic (exact) mass is 432 g/mol. The summed E-state index contributed by atoms with van der Waals surface area (Å²) >= 11 is 2.95. The zero-order valence-corrected chi connectivity index (χ0v) is 17.8. The van der Waals surface area contributed by atoms with Crippen molar-refractivity contribution in [2.45, 2.75) is 24.0 Å². The summed E-state index contributed by atoms with van der Waals surface area (Å²) in [5, 5.41) is 11.1. The number of anilines is 1. The van der Waals surface area contributed by atoms with E-state index in [-0.39, 0.29) is 0 Å². The molecule has 0 saturated heterocycles. The van der Waals surface area contributed by atoms with E-state index in [1.54, 1.807) is 32.5 Å². The van der Waals surface area contributed by atoms with Gasteiger partial charge in [-0.1, -0.05) is 6.07 Å². The summed E-state index contributed by atoms with van der Waals surface area (Å²) in [5.74, 6) is 2.25. The highest BCUT2D eigenvalue weighted by molar-refractivity contribution is 8.00. The third-order valence-corrected chi connectivity index (χ3v) is 6.46. The number of nitrogens with zero attached hydrogens (tertiary/aromatic N) is 2. The van der Waals surface area contributed by atoms with E-state index in [9.17, 15) is 5.11 Å². The summed E-state index contributed by atoms with van der Waals surface area (Å²) in [6.07, 6.45) is 1.83. The normalized spacial score (nSPS) is 15.3. The number of hydrogen-bond acceptors (Lipinski definition) is 8. The van der Waals surface area contributed by atoms with Gasteiger partial charge < -0.3 is 19.3 Å². The molecule has 2 heterocycles. The van der Waals surface area contributed by atoms with Gasteiger partial charge in [-0.2, -0.15) is 0 Å². The van der Waals surface area contributed by atoms with Gasteiger partial charge in [0.05, 0.1) is 38.9 Å². The van der Waals surface area contributed by atoms with Crippen LogP contribution >= 0.6 is 23.5 Å². The highest BCUT2D eigenvalue weighted by Gasteiger charge is 2.24. The molecule has 0 saturated carbocycles. The number of fused-ring (bicyclic) bond motifs is 1. The lowest BCUT2D eigenvalue weighted by Crippen LogP contribution is -2.20. The molecular formula is C20H22N3O4S2+. The first-order valence-corrected chi connectivity index (χ1v) is 10.7. The second-order valence-corrected chi connectivity index (χ2v) is 8.31. The Bertz CT molecular complexity index is 968. The van der Waals surface area contributed by atoms with Crippen molar-refractivity contribution in [3.8, 4) is 17.2 Å². The fourth-order valence-corrected chi connectivity index (χ4v) is 4.68. The number of benzene rings is 2. The molecule has 152 valence electrons. The molecule has 4 rings (SSSR count). The first kappa shape index (κ1) is 19.8. The zero-order valence-electron chi connectivity index (χ0n) is 16.1. The maximum absolute atomic E-state index is 10.1. The number of ether oxygens (including phenoxy) is 3. The van der Waals surface area contributed by atoms with Crippen LogP contribution in [0.2, 0.25) is 0 Å². The molecule has 7 nitrogen and oxygen atoms in total. The second-order valence-electron chi connectivity index (χ2n) is 6.43. The van der Waals surface area contributed by atoms with E-state index in [4.69, 9.17) is 14.2 Å². The topological polar surface area (TPSA) is 78.2 Å². The van der Waals surface area contributed by atoms with Crippen LogP contribution in [0.3, 0.4) is 0 Å². The van der Waals surface area contributed by atoms with Crippen LogP contribution in [-0.4, -0.2) is 30.3 Å². The molecule has 0 aliphatic carbocycles. The van der Waals surface area contributed by atoms with Gasteiger partial charge in [0.15, 0.2) is 0 Å². The van der Waals surface area contributed by atoms with Crippen molar-refractivity contribution in [1.29, 1.82) is 0 Å². The van der Waals surface area contributed by atoms with Crippen LogP contribution < -0.4 is 23.5 Å². The second kappa shape index (κ2) is 8.89. The fourth-order valence-electron chi connectivity index (χ4n) is 3.12. The minimum atomic E-state index is -0.465. The number of aliphatic hydroxyl groups is 1. The third-order valence-electron chi connectivity index (χ3n) is 4.62. The Balaban J connectivity index is 1.61. The standard InChI is InChI=1S/C20H21N3O4S2/c1-25-14-4-3-13(18(9-14)26-2)11-23(20-21-12-22-28-20)29-15-5-6-16-17(24)7-8-27-19(16)10-15/h3-6,9-10,12,17,24H,7-8,11H2,1-2H3/p+1. The molecule has 2 aromatic carbocycles. The Morgan fingerprint density at radius 3 is 2.93 bits per heavy atom. The first-order chi connectivity index (χ1) is 14.2. The number of methoxy groups -OCH3 is 2. The van der Waals surface area contributed by atoms with Crippen LogP contribution in [0.25, 0.3) is 0 Å². The number of nitrogens with one attached hydrogen (secondary N) is 1. The van der Waals surface area contributed by atoms with Crippen molar-refractivity contribution in [3.05, 3.63) is 53.9 Å². The molecule has 2 N–H and O–H groups in total. The molecule has 3 aromatic rings. The number of hydrogen-bond donors (Lipinski definition) is 1. The number of aromatic amines is 1. The van der Waals surface area contributed by atoms with Gasteiger partial charge in [0, 0.05) is 28.5 Å². The Hall–Kier alpha value is -2.49. The highest BCUT2D eigenvalue weighted by Crippen LogP contribution is 2.38. The Morgan fingerprint density at radius 1 is 1.28 bits per heavy atom. The largest absolute Gasteiger partial charge is 0.497 e. The Kier molecular flexibility index (Phi) is 6.08. The van der Waals surface area contributed by atoms with Crippen LogP contribution in [-0.2, 0) is 6.54 Å². The van der Waals surface area contributed by atoms with E-state index in [1.165, 1.54) is 11.5 Å². The van der Waals surface area contributed by atoms with Crippen molar-refractivity contribution >= 4 is 28.6 Å². The number of rotatable bonds is 7. The molecule has 0 radical (unpaired) electrons. The van der Waals surface area contributed by atoms with Crippen molar-refractivity contribution in [2.24, 2.45) is 0 Å². The van der Waals surface area contributed by atoms with Crippen molar-refractivity contribution in [3.63, 3.8) is 0 Å². The van der Waals surface area contributed by atoms with Crippen LogP contribution in [0, 0.1) is 0 Å². The van der Waals surface area contributed by atoms with Crippen molar-refractivity contribution in [1.82, 2.24) is 4.37 Å². The van der Waals surface area contributed by atoms with Gasteiger partial charge in [-0.3, -0.25) is 0 Å². The van der Waals surface area contributed by atoms with Gasteiger partial charge >= 0.3 is 5.13 Å². The minimum Gasteiger partial charge on any atom is -0.497 e. The SMILES string of the molecule is COc1ccc(CN(Sc2ccc3c(c2)OCCC3O)c2[nH+]cns2)c(OC)c1. The lowest BCUT2D eigenvalue weighted by atomic mass is 10.0. The highest BCUT2D eigenvalue weighted by atomic mass is 32.2. The number of aromatic nitrogens is 2. The van der Waals surface area contributed by atoms with Gasteiger partial charge in [-0.05, 0) is 28.6 Å². The van der Waals surface area contributed by atoms with E-state index in [1.807, 2.05) is 36.4 Å². The van der Waals surface area contributed by atoms with E-state index in [2.05, 4.69) is 13.7 Å². The van der Waals surface area contributed by atoms with Crippen molar-refractivity contribution < 1.29 is 24.3 Å². The lowest BCUT2D eigenvalue weighted by Gasteiger charge is -2.23. The third kappa shape index (κ3) is 4.42. The molecule has 9 heteroatoms. The molecule has 1 atom stereocenters. The summed E-state index contributed by atoms with van der Waals surface area (Å²) in [7, 11) is 3.29. The Labute approximate surface area is 177 Å².